The van der Waals surface area contributed by atoms with Gasteiger partial charge in [0.25, 0.3) is 5.56 Å². The van der Waals surface area contributed by atoms with E-state index in [-0.39, 0.29) is 22.5 Å². The van der Waals surface area contributed by atoms with Gasteiger partial charge in [0.1, 0.15) is 11.5 Å². The molecule has 0 aliphatic heterocycles. The van der Waals surface area contributed by atoms with E-state index in [1.807, 2.05) is 0 Å². The maximum absolute atomic E-state index is 13.1. The Kier molecular flexibility index (Phi) is 4.59. The Morgan fingerprint density at radius 1 is 1.22 bits per heavy atom. The molecule has 0 fully saturated rings. The minimum Gasteiger partial charge on any atom is -0.465 e. The molecule has 120 valence electrons. The quantitative estimate of drug-likeness (QED) is 0.850. The van der Waals surface area contributed by atoms with Crippen LogP contribution in [-0.4, -0.2) is 24.0 Å². The molecule has 0 aliphatic carbocycles. The maximum Gasteiger partial charge on any atom is 0.340 e. The standard InChI is InChI=1S/C16H15FN2O4/c1-8-12(16(22)23-3)14(10-4-6-11(17)7-5-10)19-15(21)13(8)18-9(2)20/h4-7H,1-3H3,(H,18,20)(H,19,21). The highest BCUT2D eigenvalue weighted by atomic mass is 19.1. The largest absolute Gasteiger partial charge is 0.465 e. The minimum atomic E-state index is -0.676. The molecule has 6 nitrogen and oxygen atoms in total. The molecular formula is C16H15FN2O4. The summed E-state index contributed by atoms with van der Waals surface area (Å²) >= 11 is 0. The van der Waals surface area contributed by atoms with Crippen molar-refractivity contribution in [2.24, 2.45) is 0 Å². The summed E-state index contributed by atoms with van der Waals surface area (Å²) in [5, 5.41) is 2.40. The summed E-state index contributed by atoms with van der Waals surface area (Å²) in [5.41, 5.74) is 0.431. The van der Waals surface area contributed by atoms with Crippen LogP contribution in [0, 0.1) is 12.7 Å². The van der Waals surface area contributed by atoms with Crippen molar-refractivity contribution in [2.75, 3.05) is 12.4 Å². The van der Waals surface area contributed by atoms with E-state index in [0.717, 1.165) is 0 Å². The minimum absolute atomic E-state index is 0.0243. The van der Waals surface area contributed by atoms with Crippen LogP contribution in [0.1, 0.15) is 22.8 Å². The first-order valence-electron chi connectivity index (χ1n) is 6.74. The topological polar surface area (TPSA) is 88.3 Å². The number of esters is 1. The van der Waals surface area contributed by atoms with E-state index in [1.165, 1.54) is 45.2 Å². The first-order valence-corrected chi connectivity index (χ1v) is 6.74. The van der Waals surface area contributed by atoms with Gasteiger partial charge in [0.05, 0.1) is 18.4 Å². The molecule has 0 radical (unpaired) electrons. The van der Waals surface area contributed by atoms with Crippen LogP contribution in [0.4, 0.5) is 10.1 Å². The lowest BCUT2D eigenvalue weighted by molar-refractivity contribution is -0.114. The first kappa shape index (κ1) is 16.4. The van der Waals surface area contributed by atoms with Gasteiger partial charge in [-0.1, -0.05) is 0 Å². The van der Waals surface area contributed by atoms with E-state index in [9.17, 15) is 18.8 Å². The fraction of sp³-hybridized carbons (Fsp3) is 0.188. The van der Waals surface area contributed by atoms with Crippen molar-refractivity contribution >= 4 is 17.6 Å². The predicted octanol–water partition coefficient (Wildman–Crippen LogP) is 2.23. The number of benzene rings is 1. The van der Waals surface area contributed by atoms with Gasteiger partial charge in [0.15, 0.2) is 0 Å². The number of hydrogen-bond acceptors (Lipinski definition) is 4. The number of halogens is 1. The highest BCUT2D eigenvalue weighted by molar-refractivity contribution is 6.00. The van der Waals surface area contributed by atoms with Gasteiger partial charge in [-0.15, -0.1) is 0 Å². The maximum atomic E-state index is 13.1. The third-order valence-electron chi connectivity index (χ3n) is 3.29. The number of rotatable bonds is 3. The van der Waals surface area contributed by atoms with Crippen LogP contribution in [0.2, 0.25) is 0 Å². The summed E-state index contributed by atoms with van der Waals surface area (Å²) in [4.78, 5) is 38.1. The number of ether oxygens (including phenoxy) is 1. The zero-order valence-corrected chi connectivity index (χ0v) is 12.8. The Morgan fingerprint density at radius 2 is 1.83 bits per heavy atom. The molecular weight excluding hydrogens is 303 g/mol. The molecule has 0 aliphatic rings. The summed E-state index contributed by atoms with van der Waals surface area (Å²) in [6, 6.07) is 5.30. The van der Waals surface area contributed by atoms with Gasteiger partial charge in [0.2, 0.25) is 5.91 Å². The van der Waals surface area contributed by atoms with Crippen molar-refractivity contribution in [3.8, 4) is 11.3 Å². The summed E-state index contributed by atoms with van der Waals surface area (Å²) in [7, 11) is 1.21. The molecule has 2 aromatic rings. The number of anilines is 1. The van der Waals surface area contributed by atoms with Gasteiger partial charge in [-0.05, 0) is 42.3 Å². The molecule has 0 unspecified atom stereocenters. The second kappa shape index (κ2) is 6.43. The average Bonchev–Trinajstić information content (AvgIpc) is 2.51. The molecule has 1 aromatic carbocycles. The van der Waals surface area contributed by atoms with Crippen molar-refractivity contribution in [2.45, 2.75) is 13.8 Å². The first-order chi connectivity index (χ1) is 10.8. The second-order valence-electron chi connectivity index (χ2n) is 4.88. The third-order valence-corrected chi connectivity index (χ3v) is 3.29. The summed E-state index contributed by atoms with van der Waals surface area (Å²) in [6.07, 6.45) is 0. The number of nitrogens with one attached hydrogen (secondary N) is 2. The highest BCUT2D eigenvalue weighted by Crippen LogP contribution is 2.27. The lowest BCUT2D eigenvalue weighted by atomic mass is 10.0. The van der Waals surface area contributed by atoms with E-state index in [4.69, 9.17) is 4.74 Å². The van der Waals surface area contributed by atoms with Crippen LogP contribution in [0.15, 0.2) is 29.1 Å². The molecule has 1 aromatic heterocycles. The van der Waals surface area contributed by atoms with Crippen molar-refractivity contribution in [1.82, 2.24) is 4.98 Å². The Morgan fingerprint density at radius 3 is 2.35 bits per heavy atom. The van der Waals surface area contributed by atoms with Gasteiger partial charge < -0.3 is 15.0 Å². The monoisotopic (exact) mass is 318 g/mol. The normalized spacial score (nSPS) is 10.3. The Hall–Kier alpha value is -2.96. The van der Waals surface area contributed by atoms with Gasteiger partial charge >= 0.3 is 5.97 Å². The number of aromatic nitrogens is 1. The van der Waals surface area contributed by atoms with Crippen LogP contribution < -0.4 is 10.9 Å². The Balaban J connectivity index is 2.76. The molecule has 0 saturated carbocycles. The number of hydrogen-bond donors (Lipinski definition) is 2. The van der Waals surface area contributed by atoms with E-state index in [2.05, 4.69) is 10.3 Å². The van der Waals surface area contributed by atoms with Gasteiger partial charge in [-0.3, -0.25) is 9.59 Å². The fourth-order valence-corrected chi connectivity index (χ4v) is 2.24. The smallest absolute Gasteiger partial charge is 0.340 e. The van der Waals surface area contributed by atoms with E-state index >= 15 is 0 Å². The molecule has 1 heterocycles. The number of aromatic amines is 1. The number of H-pyrrole nitrogens is 1. The zero-order valence-electron chi connectivity index (χ0n) is 12.8. The van der Waals surface area contributed by atoms with E-state index in [0.29, 0.717) is 5.56 Å². The zero-order chi connectivity index (χ0) is 17.1. The molecule has 0 bridgehead atoms. The van der Waals surface area contributed by atoms with Crippen molar-refractivity contribution in [1.29, 1.82) is 0 Å². The highest BCUT2D eigenvalue weighted by Gasteiger charge is 2.22. The number of carbonyl (C=O) groups is 2. The van der Waals surface area contributed by atoms with Crippen LogP contribution in [0.3, 0.4) is 0 Å². The van der Waals surface area contributed by atoms with Gasteiger partial charge in [-0.25, -0.2) is 9.18 Å². The summed E-state index contributed by atoms with van der Waals surface area (Å²) < 4.78 is 17.8. The van der Waals surface area contributed by atoms with Crippen LogP contribution in [0.5, 0.6) is 0 Å². The van der Waals surface area contributed by atoms with Crippen LogP contribution in [0.25, 0.3) is 11.3 Å². The van der Waals surface area contributed by atoms with Crippen molar-refractivity contribution in [3.05, 3.63) is 51.6 Å². The lowest BCUT2D eigenvalue weighted by Gasteiger charge is -2.14. The molecule has 7 heteroatoms. The van der Waals surface area contributed by atoms with Crippen molar-refractivity contribution < 1.29 is 18.7 Å². The van der Waals surface area contributed by atoms with Gasteiger partial charge in [0, 0.05) is 6.92 Å². The number of amides is 1. The van der Waals surface area contributed by atoms with Crippen LogP contribution in [-0.2, 0) is 9.53 Å². The second-order valence-corrected chi connectivity index (χ2v) is 4.88. The van der Waals surface area contributed by atoms with Gasteiger partial charge in [-0.2, -0.15) is 0 Å². The molecule has 0 saturated heterocycles. The van der Waals surface area contributed by atoms with E-state index in [1.54, 1.807) is 0 Å². The molecule has 2 rings (SSSR count). The van der Waals surface area contributed by atoms with Crippen LogP contribution >= 0.6 is 0 Å². The average molecular weight is 318 g/mol. The fourth-order valence-electron chi connectivity index (χ4n) is 2.24. The summed E-state index contributed by atoms with van der Waals surface area (Å²) in [5.74, 6) is -1.56. The SMILES string of the molecule is COC(=O)c1c(-c2ccc(F)cc2)[nH]c(=O)c(NC(C)=O)c1C. The number of carbonyl (C=O) groups excluding carboxylic acids is 2. The molecule has 23 heavy (non-hydrogen) atoms. The molecule has 1 amide bonds. The third kappa shape index (κ3) is 3.28. The van der Waals surface area contributed by atoms with E-state index < -0.39 is 23.3 Å². The Labute approximate surface area is 131 Å². The van der Waals surface area contributed by atoms with Crippen molar-refractivity contribution in [3.63, 3.8) is 0 Å². The Bertz CT molecular complexity index is 825. The lowest BCUT2D eigenvalue weighted by Crippen LogP contribution is -2.23. The molecule has 0 atom stereocenters. The predicted molar refractivity (Wildman–Crippen MR) is 82.8 cm³/mol. The number of pyridine rings is 1. The molecule has 2 N–H and O–H groups in total. The number of methoxy groups -OCH3 is 1. The molecule has 0 spiro atoms. The summed E-state index contributed by atoms with van der Waals surface area (Å²) in [6.45, 7) is 2.78.